The lowest BCUT2D eigenvalue weighted by Gasteiger charge is -2.20. The summed E-state index contributed by atoms with van der Waals surface area (Å²) in [7, 11) is 0. The predicted octanol–water partition coefficient (Wildman–Crippen LogP) is 3.78. The molecule has 0 saturated heterocycles. The summed E-state index contributed by atoms with van der Waals surface area (Å²) in [5.41, 5.74) is 0.752. The first-order chi connectivity index (χ1) is 7.68. The van der Waals surface area contributed by atoms with Crippen molar-refractivity contribution >= 4 is 17.4 Å². The first kappa shape index (κ1) is 11.6. The fourth-order valence-electron chi connectivity index (χ4n) is 2.24. The Morgan fingerprint density at radius 3 is 2.94 bits per heavy atom. The molecule has 1 nitrogen and oxygen atoms in total. The Labute approximate surface area is 99.6 Å². The Kier molecular flexibility index (Phi) is 3.59. The minimum Gasteiger partial charge on any atom is -0.299 e. The number of ketones is 1. The highest BCUT2D eigenvalue weighted by Crippen LogP contribution is 2.28. The molecule has 86 valence electrons. The topological polar surface area (TPSA) is 17.1 Å². The van der Waals surface area contributed by atoms with Crippen LogP contribution in [0.1, 0.15) is 31.2 Å². The minimum absolute atomic E-state index is 0.0352. The maximum Gasteiger partial charge on any atom is 0.142 e. The number of carbonyl (C=O) groups excluding carboxylic acids is 1. The summed E-state index contributed by atoms with van der Waals surface area (Å²) in [6, 6.07) is 4.78. The van der Waals surface area contributed by atoms with E-state index in [-0.39, 0.29) is 10.9 Å². The first-order valence-electron chi connectivity index (χ1n) is 5.64. The van der Waals surface area contributed by atoms with E-state index in [2.05, 4.69) is 0 Å². The van der Waals surface area contributed by atoms with Crippen LogP contribution in [0.25, 0.3) is 0 Å². The van der Waals surface area contributed by atoms with Gasteiger partial charge in [0, 0.05) is 12.3 Å². The molecule has 1 aliphatic rings. The van der Waals surface area contributed by atoms with Gasteiger partial charge in [-0.25, -0.2) is 4.39 Å². The van der Waals surface area contributed by atoms with Gasteiger partial charge in [0.15, 0.2) is 0 Å². The molecule has 0 amide bonds. The largest absolute Gasteiger partial charge is 0.299 e. The molecule has 1 unspecified atom stereocenters. The number of benzene rings is 1. The van der Waals surface area contributed by atoms with Crippen LogP contribution in [0, 0.1) is 11.7 Å². The predicted molar refractivity (Wildman–Crippen MR) is 62.1 cm³/mol. The van der Waals surface area contributed by atoms with Gasteiger partial charge in [-0.15, -0.1) is 0 Å². The van der Waals surface area contributed by atoms with Crippen molar-refractivity contribution in [2.75, 3.05) is 0 Å². The van der Waals surface area contributed by atoms with Crippen molar-refractivity contribution in [2.24, 2.45) is 5.92 Å². The van der Waals surface area contributed by atoms with Crippen LogP contribution in [0.3, 0.4) is 0 Å². The summed E-state index contributed by atoms with van der Waals surface area (Å²) in [4.78, 5) is 11.7. The zero-order valence-electron chi connectivity index (χ0n) is 9.01. The summed E-state index contributed by atoms with van der Waals surface area (Å²) in [5, 5.41) is 0.167. The highest BCUT2D eigenvalue weighted by molar-refractivity contribution is 6.31. The highest BCUT2D eigenvalue weighted by Gasteiger charge is 2.23. The lowest BCUT2D eigenvalue weighted by Crippen LogP contribution is -2.21. The van der Waals surface area contributed by atoms with E-state index in [4.69, 9.17) is 11.6 Å². The molecule has 0 N–H and O–H groups in total. The molecule has 0 aliphatic heterocycles. The fourth-order valence-corrected chi connectivity index (χ4v) is 2.45. The van der Waals surface area contributed by atoms with Crippen LogP contribution < -0.4 is 0 Å². The van der Waals surface area contributed by atoms with Gasteiger partial charge in [-0.2, -0.15) is 0 Å². The van der Waals surface area contributed by atoms with Crippen LogP contribution in [0.5, 0.6) is 0 Å². The third-order valence-corrected chi connectivity index (χ3v) is 3.60. The highest BCUT2D eigenvalue weighted by atomic mass is 35.5. The Hall–Kier alpha value is -0.890. The minimum atomic E-state index is -0.401. The molecule has 0 aromatic heterocycles. The Morgan fingerprint density at radius 2 is 2.19 bits per heavy atom. The van der Waals surface area contributed by atoms with Crippen LogP contribution in [0.15, 0.2) is 18.2 Å². The third kappa shape index (κ3) is 2.43. The lowest BCUT2D eigenvalue weighted by atomic mass is 9.84. The summed E-state index contributed by atoms with van der Waals surface area (Å²) < 4.78 is 13.2. The van der Waals surface area contributed by atoms with Gasteiger partial charge in [0.05, 0.1) is 5.02 Å². The molecule has 1 fully saturated rings. The second kappa shape index (κ2) is 4.96. The summed E-state index contributed by atoms with van der Waals surface area (Å²) in [6.45, 7) is 0. The van der Waals surface area contributed by atoms with Crippen LogP contribution >= 0.6 is 11.6 Å². The van der Waals surface area contributed by atoms with E-state index in [0.29, 0.717) is 18.6 Å². The van der Waals surface area contributed by atoms with E-state index in [1.807, 2.05) is 0 Å². The van der Waals surface area contributed by atoms with Crippen LogP contribution in [0.4, 0.5) is 4.39 Å². The SMILES string of the molecule is O=C1CCCCC1Cc1cccc(F)c1Cl. The molecule has 16 heavy (non-hydrogen) atoms. The molecule has 0 heterocycles. The van der Waals surface area contributed by atoms with Gasteiger partial charge in [-0.05, 0) is 30.9 Å². The molecule has 1 aliphatic carbocycles. The monoisotopic (exact) mass is 240 g/mol. The molecule has 0 bridgehead atoms. The van der Waals surface area contributed by atoms with E-state index in [1.54, 1.807) is 12.1 Å². The normalized spacial score (nSPS) is 21.1. The van der Waals surface area contributed by atoms with Gasteiger partial charge in [-0.1, -0.05) is 30.2 Å². The van der Waals surface area contributed by atoms with Gasteiger partial charge in [0.2, 0.25) is 0 Å². The molecule has 1 atom stereocenters. The molecule has 1 aromatic carbocycles. The van der Waals surface area contributed by atoms with E-state index in [1.165, 1.54) is 6.07 Å². The maximum atomic E-state index is 13.2. The van der Waals surface area contributed by atoms with Crippen LogP contribution in [0.2, 0.25) is 5.02 Å². The van der Waals surface area contributed by atoms with E-state index >= 15 is 0 Å². The van der Waals surface area contributed by atoms with Gasteiger partial charge >= 0.3 is 0 Å². The smallest absolute Gasteiger partial charge is 0.142 e. The number of hydrogen-bond donors (Lipinski definition) is 0. The summed E-state index contributed by atoms with van der Waals surface area (Å²) in [6.07, 6.45) is 4.23. The van der Waals surface area contributed by atoms with E-state index in [9.17, 15) is 9.18 Å². The lowest BCUT2D eigenvalue weighted by molar-refractivity contribution is -0.124. The van der Waals surface area contributed by atoms with Crippen LogP contribution in [-0.4, -0.2) is 5.78 Å². The Bertz CT molecular complexity index is 403. The van der Waals surface area contributed by atoms with Gasteiger partial charge in [0.1, 0.15) is 11.6 Å². The van der Waals surface area contributed by atoms with Crippen molar-refractivity contribution < 1.29 is 9.18 Å². The van der Waals surface area contributed by atoms with Gasteiger partial charge in [0.25, 0.3) is 0 Å². The van der Waals surface area contributed by atoms with Crippen LogP contribution in [-0.2, 0) is 11.2 Å². The molecule has 3 heteroatoms. The molecular formula is C13H14ClFO. The van der Waals surface area contributed by atoms with Crippen molar-refractivity contribution in [1.29, 1.82) is 0 Å². The van der Waals surface area contributed by atoms with Crippen molar-refractivity contribution in [2.45, 2.75) is 32.1 Å². The standard InChI is InChI=1S/C13H14ClFO/c14-13-10(5-3-6-11(13)15)8-9-4-1-2-7-12(9)16/h3,5-6,9H,1-2,4,7-8H2. The number of Topliss-reactive ketones (excluding diaryl/α,β-unsaturated/α-hetero) is 1. The molecule has 2 rings (SSSR count). The fraction of sp³-hybridized carbons (Fsp3) is 0.462. The van der Waals surface area contributed by atoms with Crippen molar-refractivity contribution in [3.05, 3.63) is 34.6 Å². The quantitative estimate of drug-likeness (QED) is 0.769. The molecule has 1 aromatic rings. The molecular weight excluding hydrogens is 227 g/mol. The van der Waals surface area contributed by atoms with Crippen molar-refractivity contribution in [1.82, 2.24) is 0 Å². The molecule has 0 spiro atoms. The molecule has 0 radical (unpaired) electrons. The van der Waals surface area contributed by atoms with Crippen molar-refractivity contribution in [3.8, 4) is 0 Å². The second-order valence-electron chi connectivity index (χ2n) is 4.33. The summed E-state index contributed by atoms with van der Waals surface area (Å²) >= 11 is 5.87. The Balaban J connectivity index is 2.14. The summed E-state index contributed by atoms with van der Waals surface area (Å²) in [5.74, 6) is -0.0675. The zero-order valence-corrected chi connectivity index (χ0v) is 9.77. The molecule has 1 saturated carbocycles. The maximum absolute atomic E-state index is 13.2. The van der Waals surface area contributed by atoms with E-state index in [0.717, 1.165) is 24.8 Å². The number of rotatable bonds is 2. The van der Waals surface area contributed by atoms with Gasteiger partial charge < -0.3 is 0 Å². The number of carbonyl (C=O) groups is 1. The first-order valence-corrected chi connectivity index (χ1v) is 6.02. The third-order valence-electron chi connectivity index (χ3n) is 3.18. The number of halogens is 2. The zero-order chi connectivity index (χ0) is 11.5. The van der Waals surface area contributed by atoms with Crippen molar-refractivity contribution in [3.63, 3.8) is 0 Å². The van der Waals surface area contributed by atoms with Gasteiger partial charge in [-0.3, -0.25) is 4.79 Å². The average Bonchev–Trinajstić information content (AvgIpc) is 2.28. The average molecular weight is 241 g/mol. The van der Waals surface area contributed by atoms with E-state index < -0.39 is 5.82 Å². The second-order valence-corrected chi connectivity index (χ2v) is 4.70. The number of hydrogen-bond acceptors (Lipinski definition) is 1. The Morgan fingerprint density at radius 1 is 1.38 bits per heavy atom.